The van der Waals surface area contributed by atoms with E-state index in [0.717, 1.165) is 41.1 Å². The zero-order valence-electron chi connectivity index (χ0n) is 20.0. The Kier molecular flexibility index (Phi) is 7.31. The van der Waals surface area contributed by atoms with Crippen molar-refractivity contribution < 1.29 is 14.3 Å². The lowest BCUT2D eigenvalue weighted by Crippen LogP contribution is -2.51. The molecule has 1 aromatic heterocycles. The molecule has 0 spiro atoms. The lowest BCUT2D eigenvalue weighted by atomic mass is 10.0. The number of carbonyl (C=O) groups is 2. The van der Waals surface area contributed by atoms with Gasteiger partial charge in [0.1, 0.15) is 11.9 Å². The Morgan fingerprint density at radius 1 is 1.20 bits per heavy atom. The van der Waals surface area contributed by atoms with Crippen molar-refractivity contribution in [1.29, 1.82) is 0 Å². The molecular weight excluding hydrogens is 466 g/mol. The third-order valence-corrected chi connectivity index (χ3v) is 6.65. The number of anilines is 1. The first-order chi connectivity index (χ1) is 16.8. The number of nitrogens with two attached hydrogens (primary N) is 1. The highest BCUT2D eigenvalue weighted by molar-refractivity contribution is 6.33. The minimum atomic E-state index is -0.662. The number of alkyl carbamates (subject to hydrolysis) is 1. The first-order valence-corrected chi connectivity index (χ1v) is 12.0. The van der Waals surface area contributed by atoms with Crippen LogP contribution in [-0.4, -0.2) is 46.6 Å². The number of amides is 2. The van der Waals surface area contributed by atoms with E-state index in [0.29, 0.717) is 17.3 Å². The van der Waals surface area contributed by atoms with Crippen molar-refractivity contribution in [2.45, 2.75) is 38.8 Å². The van der Waals surface area contributed by atoms with Crippen LogP contribution in [0, 0.1) is 5.92 Å². The Morgan fingerprint density at radius 2 is 1.91 bits per heavy atom. The van der Waals surface area contributed by atoms with Gasteiger partial charge in [-0.05, 0) is 42.0 Å². The summed E-state index contributed by atoms with van der Waals surface area (Å²) in [6.45, 7) is 4.41. The minimum Gasteiger partial charge on any atom is -0.453 e. The van der Waals surface area contributed by atoms with Crippen LogP contribution in [-0.2, 0) is 9.53 Å². The highest BCUT2D eigenvalue weighted by atomic mass is 35.5. The highest BCUT2D eigenvalue weighted by Crippen LogP contribution is 2.34. The van der Waals surface area contributed by atoms with E-state index in [-0.39, 0.29) is 17.9 Å². The summed E-state index contributed by atoms with van der Waals surface area (Å²) in [4.78, 5) is 34.9. The van der Waals surface area contributed by atoms with Crippen LogP contribution in [0.5, 0.6) is 0 Å². The van der Waals surface area contributed by atoms with Gasteiger partial charge in [0.2, 0.25) is 5.91 Å². The summed E-state index contributed by atoms with van der Waals surface area (Å²) in [6.07, 6.45) is 2.84. The second kappa shape index (κ2) is 10.4. The number of hydrogen-bond donors (Lipinski definition) is 3. The quantitative estimate of drug-likeness (QED) is 0.415. The zero-order valence-corrected chi connectivity index (χ0v) is 20.8. The molecule has 1 aliphatic heterocycles. The Bertz CT molecular complexity index is 1210. The first kappa shape index (κ1) is 24.6. The number of likely N-dealkylation sites (tertiary alicyclic amines) is 1. The van der Waals surface area contributed by atoms with E-state index in [1.54, 1.807) is 17.2 Å². The van der Waals surface area contributed by atoms with Crippen LogP contribution >= 0.6 is 11.6 Å². The Labute approximate surface area is 209 Å². The normalized spacial score (nSPS) is 16.4. The number of rotatable bonds is 6. The molecule has 2 aromatic carbocycles. The molecule has 184 valence electrons. The Hall–Kier alpha value is -3.52. The second-order valence-corrected chi connectivity index (χ2v) is 9.45. The third kappa shape index (κ3) is 5.27. The molecule has 4 N–H and O–H groups in total. The average Bonchev–Trinajstić information content (AvgIpc) is 3.52. The second-order valence-electron chi connectivity index (χ2n) is 9.05. The molecule has 2 heterocycles. The maximum atomic E-state index is 13.3. The monoisotopic (exact) mass is 495 g/mol. The van der Waals surface area contributed by atoms with E-state index in [9.17, 15) is 9.59 Å². The number of H-pyrrole nitrogens is 1. The number of nitrogens with zero attached hydrogens (tertiary/aromatic N) is 2. The lowest BCUT2D eigenvalue weighted by Gasteiger charge is -2.30. The van der Waals surface area contributed by atoms with Gasteiger partial charge in [0.15, 0.2) is 0 Å². The molecule has 1 unspecified atom stereocenters. The van der Waals surface area contributed by atoms with Gasteiger partial charge in [0.05, 0.1) is 30.1 Å². The summed E-state index contributed by atoms with van der Waals surface area (Å²) < 4.78 is 4.70. The first-order valence-electron chi connectivity index (χ1n) is 11.6. The summed E-state index contributed by atoms with van der Waals surface area (Å²) in [6, 6.07) is 12.7. The molecule has 0 saturated carbocycles. The van der Waals surface area contributed by atoms with Crippen LogP contribution in [0.2, 0.25) is 5.02 Å². The molecule has 0 radical (unpaired) electrons. The molecular formula is C26H30ClN5O3. The molecule has 2 amide bonds. The standard InChI is InChI=1S/C26H30ClN5O3/c1-15(2)23(31-26(34)35-3)25(33)32-12-4-5-22(32)24-29-14-21(30-24)17-8-6-16(7-9-17)19-11-10-18(28)13-20(19)27/h6-11,13-15,22-23H,4-5,12,28H2,1-3H3,(H,29,30)(H,31,34)/t22?,23-/m0/s1. The van der Waals surface area contributed by atoms with Crippen LogP contribution < -0.4 is 11.1 Å². The number of benzene rings is 2. The van der Waals surface area contributed by atoms with Crippen molar-refractivity contribution in [3.63, 3.8) is 0 Å². The fraction of sp³-hybridized carbons (Fsp3) is 0.346. The molecule has 1 aliphatic rings. The van der Waals surface area contributed by atoms with Gasteiger partial charge in [0, 0.05) is 17.8 Å². The van der Waals surface area contributed by atoms with E-state index in [1.807, 2.05) is 50.2 Å². The van der Waals surface area contributed by atoms with Gasteiger partial charge in [-0.25, -0.2) is 9.78 Å². The maximum absolute atomic E-state index is 13.3. The SMILES string of the molecule is COC(=O)N[C@H](C(=O)N1CCCC1c1ncc(-c2ccc(-c3ccc(N)cc3Cl)cc2)[nH]1)C(C)C. The van der Waals surface area contributed by atoms with Crippen molar-refractivity contribution in [3.8, 4) is 22.4 Å². The molecule has 35 heavy (non-hydrogen) atoms. The van der Waals surface area contributed by atoms with E-state index in [1.165, 1.54) is 7.11 Å². The number of nitrogens with one attached hydrogen (secondary N) is 2. The van der Waals surface area contributed by atoms with Crippen molar-refractivity contribution in [3.05, 3.63) is 59.5 Å². The number of halogens is 1. The number of carbonyl (C=O) groups excluding carboxylic acids is 2. The molecule has 0 bridgehead atoms. The van der Waals surface area contributed by atoms with Gasteiger partial charge < -0.3 is 25.7 Å². The molecule has 1 fully saturated rings. The molecule has 0 aliphatic carbocycles. The van der Waals surface area contributed by atoms with Gasteiger partial charge in [0.25, 0.3) is 0 Å². The largest absolute Gasteiger partial charge is 0.453 e. The number of ether oxygens (including phenoxy) is 1. The lowest BCUT2D eigenvalue weighted by molar-refractivity contribution is -0.135. The summed E-state index contributed by atoms with van der Waals surface area (Å²) in [5, 5.41) is 3.28. The van der Waals surface area contributed by atoms with Crippen molar-refractivity contribution in [2.24, 2.45) is 5.92 Å². The summed E-state index contributed by atoms with van der Waals surface area (Å²) in [5.74, 6) is 0.524. The number of methoxy groups -OCH3 is 1. The van der Waals surface area contributed by atoms with Crippen LogP contribution in [0.3, 0.4) is 0 Å². The molecule has 2 atom stereocenters. The number of imidazole rings is 1. The van der Waals surface area contributed by atoms with Gasteiger partial charge in [-0.3, -0.25) is 4.79 Å². The van der Waals surface area contributed by atoms with Gasteiger partial charge in [-0.1, -0.05) is 55.8 Å². The predicted octanol–water partition coefficient (Wildman–Crippen LogP) is 5.02. The minimum absolute atomic E-state index is 0.0805. The number of nitrogen functional groups attached to an aromatic ring is 1. The van der Waals surface area contributed by atoms with Crippen molar-refractivity contribution in [1.82, 2.24) is 20.2 Å². The molecule has 9 heteroatoms. The number of aromatic amines is 1. The van der Waals surface area contributed by atoms with Crippen LogP contribution in [0.25, 0.3) is 22.4 Å². The van der Waals surface area contributed by atoms with Gasteiger partial charge in [-0.2, -0.15) is 0 Å². The third-order valence-electron chi connectivity index (χ3n) is 6.34. The highest BCUT2D eigenvalue weighted by Gasteiger charge is 2.37. The van der Waals surface area contributed by atoms with E-state index in [4.69, 9.17) is 22.1 Å². The zero-order chi connectivity index (χ0) is 25.1. The fourth-order valence-electron chi connectivity index (χ4n) is 4.44. The smallest absolute Gasteiger partial charge is 0.407 e. The fourth-order valence-corrected chi connectivity index (χ4v) is 4.74. The molecule has 3 aromatic rings. The average molecular weight is 496 g/mol. The van der Waals surface area contributed by atoms with E-state index in [2.05, 4.69) is 15.3 Å². The van der Waals surface area contributed by atoms with Crippen LogP contribution in [0.4, 0.5) is 10.5 Å². The van der Waals surface area contributed by atoms with Gasteiger partial charge >= 0.3 is 6.09 Å². The van der Waals surface area contributed by atoms with Crippen molar-refractivity contribution >= 4 is 29.3 Å². The summed E-state index contributed by atoms with van der Waals surface area (Å²) in [7, 11) is 1.29. The van der Waals surface area contributed by atoms with E-state index >= 15 is 0 Å². The maximum Gasteiger partial charge on any atom is 0.407 e. The number of hydrogen-bond acceptors (Lipinski definition) is 5. The van der Waals surface area contributed by atoms with E-state index < -0.39 is 12.1 Å². The summed E-state index contributed by atoms with van der Waals surface area (Å²) >= 11 is 6.36. The van der Waals surface area contributed by atoms with Crippen molar-refractivity contribution in [2.75, 3.05) is 19.4 Å². The molecule has 8 nitrogen and oxygen atoms in total. The summed E-state index contributed by atoms with van der Waals surface area (Å²) in [5.41, 5.74) is 10.2. The van der Waals surface area contributed by atoms with Crippen LogP contribution in [0.1, 0.15) is 38.6 Å². The van der Waals surface area contributed by atoms with Crippen LogP contribution in [0.15, 0.2) is 48.7 Å². The Balaban J connectivity index is 1.52. The number of aromatic nitrogens is 2. The Morgan fingerprint density at radius 3 is 2.57 bits per heavy atom. The molecule has 1 saturated heterocycles. The topological polar surface area (TPSA) is 113 Å². The molecule has 4 rings (SSSR count). The predicted molar refractivity (Wildman–Crippen MR) is 137 cm³/mol. The van der Waals surface area contributed by atoms with Gasteiger partial charge in [-0.15, -0.1) is 0 Å².